The van der Waals surface area contributed by atoms with E-state index in [4.69, 9.17) is 16.3 Å². The largest absolute Gasteiger partial charge is 0.489 e. The maximum atomic E-state index is 6.24. The lowest BCUT2D eigenvalue weighted by molar-refractivity contribution is 0.306. The Morgan fingerprint density at radius 3 is 2.59 bits per heavy atom. The number of rotatable bonds is 7. The van der Waals surface area contributed by atoms with E-state index in [1.54, 1.807) is 6.33 Å². The molecule has 27 heavy (non-hydrogen) atoms. The van der Waals surface area contributed by atoms with Crippen LogP contribution in [-0.4, -0.2) is 16.5 Å². The number of fused-ring (bicyclic) bond motifs is 1. The summed E-state index contributed by atoms with van der Waals surface area (Å²) in [5.41, 5.74) is 2.39. The Kier molecular flexibility index (Phi) is 5.51. The van der Waals surface area contributed by atoms with Gasteiger partial charge in [0.15, 0.2) is 0 Å². The van der Waals surface area contributed by atoms with Crippen LogP contribution in [0, 0.1) is 0 Å². The van der Waals surface area contributed by atoms with E-state index < -0.39 is 0 Å². The highest BCUT2D eigenvalue weighted by Crippen LogP contribution is 2.32. The Morgan fingerprint density at radius 1 is 0.963 bits per heavy atom. The highest BCUT2D eigenvalue weighted by Gasteiger charge is 2.09. The van der Waals surface area contributed by atoms with Gasteiger partial charge in [0.25, 0.3) is 0 Å². The number of nitrogens with zero attached hydrogens (tertiary/aromatic N) is 2. The zero-order valence-electron chi connectivity index (χ0n) is 14.6. The molecule has 0 fully saturated rings. The van der Waals surface area contributed by atoms with E-state index in [9.17, 15) is 0 Å². The summed E-state index contributed by atoms with van der Waals surface area (Å²) in [5, 5.41) is 6.84. The van der Waals surface area contributed by atoms with Crippen molar-refractivity contribution in [3.05, 3.63) is 82.5 Å². The Bertz CT molecular complexity index is 1020. The van der Waals surface area contributed by atoms with Crippen molar-refractivity contribution in [3.8, 4) is 5.75 Å². The predicted octanol–water partition coefficient (Wildman–Crippen LogP) is 5.58. The van der Waals surface area contributed by atoms with Gasteiger partial charge in [-0.3, -0.25) is 0 Å². The van der Waals surface area contributed by atoms with Gasteiger partial charge in [-0.05, 0) is 29.7 Å². The van der Waals surface area contributed by atoms with Crippen LogP contribution in [-0.2, 0) is 13.0 Å². The fourth-order valence-corrected chi connectivity index (χ4v) is 3.93. The topological polar surface area (TPSA) is 47.0 Å². The second-order valence-electron chi connectivity index (χ2n) is 6.08. The average Bonchev–Trinajstić information content (AvgIpc) is 3.10. The molecule has 2 aromatic heterocycles. The van der Waals surface area contributed by atoms with E-state index in [1.807, 2.05) is 35.7 Å². The quantitative estimate of drug-likeness (QED) is 0.443. The third-order valence-electron chi connectivity index (χ3n) is 4.20. The van der Waals surface area contributed by atoms with Crippen LogP contribution in [0.3, 0.4) is 0 Å². The summed E-state index contributed by atoms with van der Waals surface area (Å²) >= 11 is 7.77. The number of anilines is 1. The monoisotopic (exact) mass is 395 g/mol. The first-order chi connectivity index (χ1) is 13.3. The first-order valence-corrected chi connectivity index (χ1v) is 9.92. The molecule has 136 valence electrons. The molecule has 2 heterocycles. The zero-order chi connectivity index (χ0) is 18.5. The van der Waals surface area contributed by atoms with Gasteiger partial charge in [0, 0.05) is 11.9 Å². The summed E-state index contributed by atoms with van der Waals surface area (Å²) in [4.78, 5) is 9.47. The van der Waals surface area contributed by atoms with Crippen LogP contribution in [0.15, 0.2) is 66.3 Å². The molecule has 0 saturated carbocycles. The van der Waals surface area contributed by atoms with Gasteiger partial charge < -0.3 is 10.1 Å². The molecule has 0 amide bonds. The van der Waals surface area contributed by atoms with E-state index in [1.165, 1.54) is 16.9 Å². The summed E-state index contributed by atoms with van der Waals surface area (Å²) in [6.07, 6.45) is 2.45. The van der Waals surface area contributed by atoms with Crippen molar-refractivity contribution in [1.29, 1.82) is 0 Å². The number of thiophene rings is 1. The molecule has 1 N–H and O–H groups in total. The summed E-state index contributed by atoms with van der Waals surface area (Å²) in [5.74, 6) is 1.66. The molecule has 6 heteroatoms. The lowest BCUT2D eigenvalue weighted by Gasteiger charge is -2.09. The fourth-order valence-electron chi connectivity index (χ4n) is 2.79. The third-order valence-corrected chi connectivity index (χ3v) is 5.52. The number of halogens is 1. The summed E-state index contributed by atoms with van der Waals surface area (Å²) in [6.45, 7) is 1.34. The van der Waals surface area contributed by atoms with Gasteiger partial charge in [0.05, 0.1) is 10.4 Å². The van der Waals surface area contributed by atoms with Crippen molar-refractivity contribution in [2.24, 2.45) is 0 Å². The van der Waals surface area contributed by atoms with Crippen molar-refractivity contribution in [2.45, 2.75) is 13.0 Å². The number of ether oxygens (including phenoxy) is 1. The van der Waals surface area contributed by atoms with Crippen molar-refractivity contribution in [1.82, 2.24) is 9.97 Å². The molecule has 4 nitrogen and oxygen atoms in total. The highest BCUT2D eigenvalue weighted by atomic mass is 35.5. The van der Waals surface area contributed by atoms with Crippen molar-refractivity contribution < 1.29 is 4.74 Å². The molecule has 0 aliphatic carbocycles. The summed E-state index contributed by atoms with van der Waals surface area (Å²) < 4.78 is 5.83. The normalized spacial score (nSPS) is 10.9. The summed E-state index contributed by atoms with van der Waals surface area (Å²) in [7, 11) is 0. The Hall–Kier alpha value is -2.63. The van der Waals surface area contributed by atoms with Gasteiger partial charge in [-0.1, -0.05) is 54.1 Å². The molecule has 0 radical (unpaired) electrons. The minimum atomic E-state index is 0.576. The lowest BCUT2D eigenvalue weighted by atomic mass is 10.1. The maximum absolute atomic E-state index is 6.24. The van der Waals surface area contributed by atoms with Crippen LogP contribution in [0.2, 0.25) is 5.02 Å². The van der Waals surface area contributed by atoms with E-state index in [0.717, 1.165) is 40.3 Å². The number of aromatic nitrogens is 2. The predicted molar refractivity (Wildman–Crippen MR) is 112 cm³/mol. The Morgan fingerprint density at radius 2 is 1.78 bits per heavy atom. The first-order valence-electron chi connectivity index (χ1n) is 8.67. The zero-order valence-corrected chi connectivity index (χ0v) is 16.1. The SMILES string of the molecule is Clc1csc2ncnc(NCCc3ccc(OCc4ccccc4)cc3)c12. The molecule has 0 unspecified atom stereocenters. The molecule has 4 aromatic rings. The lowest BCUT2D eigenvalue weighted by Crippen LogP contribution is -2.06. The van der Waals surface area contributed by atoms with Gasteiger partial charge in [-0.15, -0.1) is 11.3 Å². The Labute approximate surface area is 166 Å². The van der Waals surface area contributed by atoms with Gasteiger partial charge in [0.1, 0.15) is 29.3 Å². The van der Waals surface area contributed by atoms with Gasteiger partial charge in [-0.25, -0.2) is 9.97 Å². The first kappa shape index (κ1) is 17.8. The number of hydrogen-bond donors (Lipinski definition) is 1. The minimum absolute atomic E-state index is 0.576. The molecule has 0 atom stereocenters. The summed E-state index contributed by atoms with van der Waals surface area (Å²) in [6, 6.07) is 18.4. The molecule has 4 rings (SSSR count). The molecule has 0 saturated heterocycles. The standard InChI is InChI=1S/C21H18ClN3OS/c22-18-13-27-21-19(18)20(24-14-25-21)23-11-10-15-6-8-17(9-7-15)26-12-16-4-2-1-3-5-16/h1-9,13-14H,10-12H2,(H,23,24,25). The van der Waals surface area contributed by atoms with Crippen LogP contribution >= 0.6 is 22.9 Å². The highest BCUT2D eigenvalue weighted by molar-refractivity contribution is 7.17. The van der Waals surface area contributed by atoms with Crippen LogP contribution in [0.25, 0.3) is 10.2 Å². The van der Waals surface area contributed by atoms with Crippen LogP contribution < -0.4 is 10.1 Å². The van der Waals surface area contributed by atoms with Gasteiger partial charge >= 0.3 is 0 Å². The maximum Gasteiger partial charge on any atom is 0.139 e. The van der Waals surface area contributed by atoms with E-state index in [0.29, 0.717) is 11.6 Å². The molecular formula is C21H18ClN3OS. The smallest absolute Gasteiger partial charge is 0.139 e. The van der Waals surface area contributed by atoms with Gasteiger partial charge in [0.2, 0.25) is 0 Å². The number of nitrogens with one attached hydrogen (secondary N) is 1. The van der Waals surface area contributed by atoms with Crippen LogP contribution in [0.5, 0.6) is 5.75 Å². The Balaban J connectivity index is 1.31. The van der Waals surface area contributed by atoms with Crippen molar-refractivity contribution >= 4 is 39.0 Å². The third kappa shape index (κ3) is 4.38. The fraction of sp³-hybridized carbons (Fsp3) is 0.143. The van der Waals surface area contributed by atoms with Crippen molar-refractivity contribution in [3.63, 3.8) is 0 Å². The second kappa shape index (κ2) is 8.37. The van der Waals surface area contributed by atoms with Crippen LogP contribution in [0.1, 0.15) is 11.1 Å². The number of benzene rings is 2. The van der Waals surface area contributed by atoms with E-state index in [2.05, 4.69) is 39.6 Å². The molecule has 0 aliphatic rings. The number of hydrogen-bond acceptors (Lipinski definition) is 5. The van der Waals surface area contributed by atoms with Crippen molar-refractivity contribution in [2.75, 3.05) is 11.9 Å². The van der Waals surface area contributed by atoms with Gasteiger partial charge in [-0.2, -0.15) is 0 Å². The minimum Gasteiger partial charge on any atom is -0.489 e. The van der Waals surface area contributed by atoms with E-state index in [-0.39, 0.29) is 0 Å². The molecule has 0 bridgehead atoms. The molecule has 0 aliphatic heterocycles. The molecule has 2 aromatic carbocycles. The average molecular weight is 396 g/mol. The second-order valence-corrected chi connectivity index (χ2v) is 7.35. The van der Waals surface area contributed by atoms with Crippen LogP contribution in [0.4, 0.5) is 5.82 Å². The molecular weight excluding hydrogens is 378 g/mol. The molecule has 0 spiro atoms. The van der Waals surface area contributed by atoms with E-state index >= 15 is 0 Å².